The lowest BCUT2D eigenvalue weighted by Crippen LogP contribution is -2.28. The Kier molecular flexibility index (Phi) is 5.28. The Morgan fingerprint density at radius 3 is 2.62 bits per heavy atom. The van der Waals surface area contributed by atoms with E-state index in [9.17, 15) is 5.11 Å². The second-order valence-electron chi connectivity index (χ2n) is 5.77. The van der Waals surface area contributed by atoms with Gasteiger partial charge in [-0.15, -0.1) is 0 Å². The topological polar surface area (TPSA) is 93.3 Å². The van der Waals surface area contributed by atoms with E-state index in [0.29, 0.717) is 27.4 Å². The molecular formula is C16H18Cl2N4O2. The number of nitrogens with one attached hydrogen (secondary N) is 1. The third-order valence-corrected chi connectivity index (χ3v) is 4.46. The fourth-order valence-electron chi connectivity index (χ4n) is 2.65. The van der Waals surface area contributed by atoms with E-state index >= 15 is 0 Å². The number of nitrogens with zero attached hydrogens (tertiary/aromatic N) is 2. The van der Waals surface area contributed by atoms with Crippen molar-refractivity contribution in [1.82, 2.24) is 9.97 Å². The molecule has 0 radical (unpaired) electrons. The highest BCUT2D eigenvalue weighted by atomic mass is 35.5. The summed E-state index contributed by atoms with van der Waals surface area (Å²) in [7, 11) is 0. The lowest BCUT2D eigenvalue weighted by atomic mass is 9.93. The Hall–Kier alpha value is -1.76. The Bertz CT molecular complexity index is 721. The summed E-state index contributed by atoms with van der Waals surface area (Å²) < 4.78 is 5.83. The average Bonchev–Trinajstić information content (AvgIpc) is 2.54. The molecule has 1 heterocycles. The highest BCUT2D eigenvalue weighted by molar-refractivity contribution is 6.35. The Morgan fingerprint density at radius 2 is 1.92 bits per heavy atom. The maximum atomic E-state index is 9.62. The molecule has 0 atom stereocenters. The zero-order chi connectivity index (χ0) is 17.1. The van der Waals surface area contributed by atoms with Crippen LogP contribution < -0.4 is 15.8 Å². The first-order valence-corrected chi connectivity index (χ1v) is 8.47. The average molecular weight is 369 g/mol. The van der Waals surface area contributed by atoms with Crippen LogP contribution in [0.1, 0.15) is 25.7 Å². The molecule has 0 aliphatic heterocycles. The van der Waals surface area contributed by atoms with Crippen LogP contribution in [0.3, 0.4) is 0 Å². The number of hydrogen-bond donors (Lipinski definition) is 3. The summed E-state index contributed by atoms with van der Waals surface area (Å²) in [4.78, 5) is 8.21. The van der Waals surface area contributed by atoms with Gasteiger partial charge in [-0.25, -0.2) is 4.98 Å². The smallest absolute Gasteiger partial charge is 0.222 e. The number of rotatable bonds is 4. The third-order valence-electron chi connectivity index (χ3n) is 3.93. The number of anilines is 2. The number of hydrogen-bond acceptors (Lipinski definition) is 6. The molecule has 1 aliphatic carbocycles. The Morgan fingerprint density at radius 1 is 1.17 bits per heavy atom. The van der Waals surface area contributed by atoms with Crippen molar-refractivity contribution in [1.29, 1.82) is 0 Å². The first-order chi connectivity index (χ1) is 11.5. The van der Waals surface area contributed by atoms with Gasteiger partial charge in [0.25, 0.3) is 0 Å². The molecule has 24 heavy (non-hydrogen) atoms. The zero-order valence-electron chi connectivity index (χ0n) is 12.9. The van der Waals surface area contributed by atoms with Crippen molar-refractivity contribution in [3.05, 3.63) is 34.4 Å². The van der Waals surface area contributed by atoms with Gasteiger partial charge in [0.1, 0.15) is 5.75 Å². The van der Waals surface area contributed by atoms with Crippen molar-refractivity contribution in [2.75, 3.05) is 11.1 Å². The highest BCUT2D eigenvalue weighted by Crippen LogP contribution is 2.35. The number of nitrogens with two attached hydrogens (primary N) is 1. The van der Waals surface area contributed by atoms with Crippen LogP contribution in [-0.4, -0.2) is 27.2 Å². The molecule has 8 heteroatoms. The predicted molar refractivity (Wildman–Crippen MR) is 94.9 cm³/mol. The van der Waals surface area contributed by atoms with Crippen LogP contribution in [0.15, 0.2) is 24.4 Å². The molecule has 1 saturated carbocycles. The second-order valence-corrected chi connectivity index (χ2v) is 6.61. The van der Waals surface area contributed by atoms with Gasteiger partial charge < -0.3 is 20.9 Å². The maximum Gasteiger partial charge on any atom is 0.222 e. The monoisotopic (exact) mass is 368 g/mol. The van der Waals surface area contributed by atoms with E-state index in [-0.39, 0.29) is 18.1 Å². The molecule has 6 nitrogen and oxygen atoms in total. The zero-order valence-corrected chi connectivity index (χ0v) is 14.4. The minimum atomic E-state index is -0.220. The first kappa shape index (κ1) is 17.1. The number of nitrogen functional groups attached to an aromatic ring is 1. The molecule has 3 rings (SSSR count). The van der Waals surface area contributed by atoms with Gasteiger partial charge in [0, 0.05) is 11.1 Å². The molecule has 0 amide bonds. The van der Waals surface area contributed by atoms with E-state index in [1.165, 1.54) is 6.20 Å². The van der Waals surface area contributed by atoms with Crippen molar-refractivity contribution in [2.45, 2.75) is 37.8 Å². The van der Waals surface area contributed by atoms with Crippen molar-refractivity contribution < 1.29 is 9.84 Å². The fraction of sp³-hybridized carbons (Fsp3) is 0.375. The van der Waals surface area contributed by atoms with E-state index in [1.54, 1.807) is 18.2 Å². The molecule has 1 aliphatic rings. The summed E-state index contributed by atoms with van der Waals surface area (Å²) >= 11 is 12.0. The van der Waals surface area contributed by atoms with Crippen LogP contribution in [0.4, 0.5) is 11.8 Å². The summed E-state index contributed by atoms with van der Waals surface area (Å²) in [6.07, 6.45) is 4.52. The number of aliphatic hydroxyl groups excluding tert-OH is 1. The molecule has 1 fully saturated rings. The van der Waals surface area contributed by atoms with Gasteiger partial charge in [0.15, 0.2) is 11.6 Å². The molecule has 0 saturated heterocycles. The van der Waals surface area contributed by atoms with Gasteiger partial charge >= 0.3 is 0 Å². The molecule has 4 N–H and O–H groups in total. The standard InChI is InChI=1S/C16H18Cl2N4O2/c17-9-1-6-13(12(18)7-9)24-14-8-20-16(19)22-15(14)21-10-2-4-11(23)5-3-10/h1,6-8,10-11,23H,2-5H2,(H3,19,20,21,22). The van der Waals surface area contributed by atoms with Gasteiger partial charge in [-0.2, -0.15) is 4.98 Å². The van der Waals surface area contributed by atoms with E-state index in [2.05, 4.69) is 15.3 Å². The van der Waals surface area contributed by atoms with Gasteiger partial charge in [-0.05, 0) is 43.9 Å². The SMILES string of the molecule is Nc1ncc(Oc2ccc(Cl)cc2Cl)c(NC2CCC(O)CC2)n1. The minimum absolute atomic E-state index is 0.155. The molecule has 128 valence electrons. The lowest BCUT2D eigenvalue weighted by molar-refractivity contribution is 0.126. The molecule has 1 aromatic carbocycles. The van der Waals surface area contributed by atoms with Gasteiger partial charge in [-0.3, -0.25) is 0 Å². The summed E-state index contributed by atoms with van der Waals surface area (Å²) in [5.74, 6) is 1.55. The summed E-state index contributed by atoms with van der Waals surface area (Å²) in [6, 6.07) is 5.18. The Balaban J connectivity index is 1.80. The molecule has 0 spiro atoms. The molecular weight excluding hydrogens is 351 g/mol. The van der Waals surface area contributed by atoms with Crippen molar-refractivity contribution in [3.63, 3.8) is 0 Å². The van der Waals surface area contributed by atoms with Crippen LogP contribution in [0.2, 0.25) is 10.0 Å². The van der Waals surface area contributed by atoms with Crippen LogP contribution >= 0.6 is 23.2 Å². The van der Waals surface area contributed by atoms with Gasteiger partial charge in [0.05, 0.1) is 17.3 Å². The van der Waals surface area contributed by atoms with Crippen molar-refractivity contribution in [2.24, 2.45) is 0 Å². The summed E-state index contributed by atoms with van der Waals surface area (Å²) in [5.41, 5.74) is 5.70. The molecule has 1 aromatic heterocycles. The fourth-order valence-corrected chi connectivity index (χ4v) is 3.10. The second kappa shape index (κ2) is 7.42. The number of aliphatic hydroxyl groups is 1. The van der Waals surface area contributed by atoms with Gasteiger partial charge in [-0.1, -0.05) is 23.2 Å². The Labute approximate surface area is 150 Å². The molecule has 0 bridgehead atoms. The van der Waals surface area contributed by atoms with E-state index < -0.39 is 0 Å². The number of halogens is 2. The van der Waals surface area contributed by atoms with Crippen molar-refractivity contribution >= 4 is 35.0 Å². The van der Waals surface area contributed by atoms with Crippen LogP contribution in [-0.2, 0) is 0 Å². The maximum absolute atomic E-state index is 9.62. The quantitative estimate of drug-likeness (QED) is 0.758. The normalized spacial score (nSPS) is 20.6. The highest BCUT2D eigenvalue weighted by Gasteiger charge is 2.21. The van der Waals surface area contributed by atoms with Gasteiger partial charge in [0.2, 0.25) is 5.95 Å². The summed E-state index contributed by atoms with van der Waals surface area (Å²) in [6.45, 7) is 0. The predicted octanol–water partition coefficient (Wildman–Crippen LogP) is 3.87. The van der Waals surface area contributed by atoms with Crippen molar-refractivity contribution in [3.8, 4) is 11.5 Å². The van der Waals surface area contributed by atoms with Crippen LogP contribution in [0.25, 0.3) is 0 Å². The minimum Gasteiger partial charge on any atom is -0.450 e. The third kappa shape index (κ3) is 4.20. The van der Waals surface area contributed by atoms with E-state index in [0.717, 1.165) is 25.7 Å². The molecule has 0 unspecified atom stereocenters. The number of benzene rings is 1. The first-order valence-electron chi connectivity index (χ1n) is 7.71. The lowest BCUT2D eigenvalue weighted by Gasteiger charge is -2.27. The summed E-state index contributed by atoms with van der Waals surface area (Å²) in [5, 5.41) is 13.9. The largest absolute Gasteiger partial charge is 0.450 e. The number of aromatic nitrogens is 2. The number of ether oxygens (including phenoxy) is 1. The van der Waals surface area contributed by atoms with E-state index in [1.807, 2.05) is 0 Å². The molecule has 2 aromatic rings. The van der Waals surface area contributed by atoms with Crippen LogP contribution in [0, 0.1) is 0 Å². The van der Waals surface area contributed by atoms with E-state index in [4.69, 9.17) is 33.7 Å². The van der Waals surface area contributed by atoms with Crippen LogP contribution in [0.5, 0.6) is 11.5 Å².